The van der Waals surface area contributed by atoms with Gasteiger partial charge in [0.25, 0.3) is 0 Å². The average molecular weight is 237 g/mol. The molecule has 2 aromatic carbocycles. The average Bonchev–Trinajstić information content (AvgIpc) is 2.38. The minimum atomic E-state index is -0.232. The lowest BCUT2D eigenvalue weighted by molar-refractivity contribution is 0.624. The third-order valence-electron chi connectivity index (χ3n) is 3.12. The molecular weight excluding hydrogens is 225 g/mol. The first-order valence-corrected chi connectivity index (χ1v) is 5.86. The molecular formula is C16H12FN. The van der Waals surface area contributed by atoms with Crippen LogP contribution in [0.4, 0.5) is 10.1 Å². The van der Waals surface area contributed by atoms with Crippen LogP contribution in [0.1, 0.15) is 16.7 Å². The van der Waals surface area contributed by atoms with Gasteiger partial charge in [-0.25, -0.2) is 4.39 Å². The largest absolute Gasteiger partial charge is 0.252 e. The molecule has 0 saturated heterocycles. The summed E-state index contributed by atoms with van der Waals surface area (Å²) in [6, 6.07) is 13.2. The van der Waals surface area contributed by atoms with Gasteiger partial charge in [0.2, 0.25) is 0 Å². The van der Waals surface area contributed by atoms with Crippen LogP contribution >= 0.6 is 0 Å². The molecule has 0 radical (unpaired) electrons. The van der Waals surface area contributed by atoms with E-state index in [1.165, 1.54) is 17.7 Å². The maximum absolute atomic E-state index is 13.3. The van der Waals surface area contributed by atoms with Crippen molar-refractivity contribution in [2.24, 2.45) is 4.99 Å². The summed E-state index contributed by atoms with van der Waals surface area (Å²) >= 11 is 0. The molecule has 2 aromatic rings. The van der Waals surface area contributed by atoms with Gasteiger partial charge < -0.3 is 0 Å². The molecule has 0 N–H and O–H groups in total. The molecule has 0 aliphatic carbocycles. The number of benzene rings is 2. The van der Waals surface area contributed by atoms with Crippen LogP contribution in [0.2, 0.25) is 0 Å². The SMILES string of the molecule is C=Cc1cc(CC2=Nc3ccccc32)ccc1F. The van der Waals surface area contributed by atoms with Crippen LogP contribution in [0, 0.1) is 5.82 Å². The Bertz CT molecular complexity index is 656. The second-order valence-corrected chi connectivity index (χ2v) is 4.31. The lowest BCUT2D eigenvalue weighted by Gasteiger charge is -2.18. The van der Waals surface area contributed by atoms with Gasteiger partial charge in [-0.3, -0.25) is 4.99 Å². The van der Waals surface area contributed by atoms with E-state index in [0.717, 1.165) is 23.4 Å². The number of aliphatic imine (C=N–C) groups is 1. The molecule has 88 valence electrons. The molecule has 0 spiro atoms. The maximum Gasteiger partial charge on any atom is 0.130 e. The minimum Gasteiger partial charge on any atom is -0.252 e. The Balaban J connectivity index is 1.85. The van der Waals surface area contributed by atoms with Gasteiger partial charge in [0.1, 0.15) is 5.82 Å². The molecule has 0 saturated carbocycles. The van der Waals surface area contributed by atoms with E-state index in [-0.39, 0.29) is 5.82 Å². The monoisotopic (exact) mass is 237 g/mol. The summed E-state index contributed by atoms with van der Waals surface area (Å²) in [5.41, 5.74) is 4.90. The Morgan fingerprint density at radius 2 is 2.00 bits per heavy atom. The van der Waals surface area contributed by atoms with Gasteiger partial charge in [-0.15, -0.1) is 0 Å². The summed E-state index contributed by atoms with van der Waals surface area (Å²) in [5, 5.41) is 0. The van der Waals surface area contributed by atoms with Crippen LogP contribution < -0.4 is 0 Å². The Kier molecular flexibility index (Phi) is 2.56. The van der Waals surface area contributed by atoms with Gasteiger partial charge in [0.15, 0.2) is 0 Å². The molecule has 0 bridgehead atoms. The summed E-state index contributed by atoms with van der Waals surface area (Å²) in [7, 11) is 0. The number of para-hydroxylation sites is 1. The summed E-state index contributed by atoms with van der Waals surface area (Å²) in [6.07, 6.45) is 2.27. The van der Waals surface area contributed by atoms with Crippen molar-refractivity contribution in [2.45, 2.75) is 6.42 Å². The van der Waals surface area contributed by atoms with E-state index < -0.39 is 0 Å². The van der Waals surface area contributed by atoms with Crippen LogP contribution in [-0.2, 0) is 6.42 Å². The molecule has 3 rings (SSSR count). The van der Waals surface area contributed by atoms with Gasteiger partial charge in [-0.2, -0.15) is 0 Å². The third-order valence-corrected chi connectivity index (χ3v) is 3.12. The van der Waals surface area contributed by atoms with E-state index in [1.54, 1.807) is 6.07 Å². The van der Waals surface area contributed by atoms with Crippen molar-refractivity contribution in [3.63, 3.8) is 0 Å². The van der Waals surface area contributed by atoms with E-state index in [2.05, 4.69) is 17.6 Å². The number of hydrogen-bond acceptors (Lipinski definition) is 1. The first-order chi connectivity index (χ1) is 8.78. The zero-order valence-corrected chi connectivity index (χ0v) is 9.86. The summed E-state index contributed by atoms with van der Waals surface area (Å²) < 4.78 is 13.3. The normalized spacial score (nSPS) is 12.4. The highest BCUT2D eigenvalue weighted by molar-refractivity contribution is 6.13. The number of hydrogen-bond donors (Lipinski definition) is 0. The lowest BCUT2D eigenvalue weighted by atomic mass is 9.95. The zero-order chi connectivity index (χ0) is 12.5. The molecule has 0 aromatic heterocycles. The van der Waals surface area contributed by atoms with Gasteiger partial charge >= 0.3 is 0 Å². The molecule has 1 heterocycles. The van der Waals surface area contributed by atoms with Crippen molar-refractivity contribution >= 4 is 17.5 Å². The van der Waals surface area contributed by atoms with Crippen LogP contribution in [0.25, 0.3) is 6.08 Å². The van der Waals surface area contributed by atoms with Crippen molar-refractivity contribution in [1.82, 2.24) is 0 Å². The van der Waals surface area contributed by atoms with Crippen LogP contribution in [0.3, 0.4) is 0 Å². The third kappa shape index (κ3) is 1.76. The van der Waals surface area contributed by atoms with E-state index in [9.17, 15) is 4.39 Å². The van der Waals surface area contributed by atoms with E-state index in [0.29, 0.717) is 5.56 Å². The van der Waals surface area contributed by atoms with Crippen molar-refractivity contribution in [3.05, 3.63) is 71.6 Å². The molecule has 0 fully saturated rings. The molecule has 1 nitrogen and oxygen atoms in total. The predicted molar refractivity (Wildman–Crippen MR) is 72.8 cm³/mol. The number of fused-ring (bicyclic) bond motifs is 1. The minimum absolute atomic E-state index is 0.232. The molecule has 1 aliphatic rings. The van der Waals surface area contributed by atoms with Crippen LogP contribution in [0.15, 0.2) is 54.0 Å². The maximum atomic E-state index is 13.3. The van der Waals surface area contributed by atoms with E-state index in [4.69, 9.17) is 0 Å². The Labute approximate surface area is 105 Å². The number of halogens is 1. The van der Waals surface area contributed by atoms with E-state index in [1.807, 2.05) is 24.3 Å². The molecule has 1 aliphatic heterocycles. The highest BCUT2D eigenvalue weighted by atomic mass is 19.1. The van der Waals surface area contributed by atoms with Crippen LogP contribution in [-0.4, -0.2) is 5.71 Å². The predicted octanol–water partition coefficient (Wildman–Crippen LogP) is 4.15. The van der Waals surface area contributed by atoms with Crippen molar-refractivity contribution < 1.29 is 4.39 Å². The Hall–Kier alpha value is -2.22. The Morgan fingerprint density at radius 1 is 1.17 bits per heavy atom. The number of rotatable bonds is 3. The smallest absolute Gasteiger partial charge is 0.130 e. The van der Waals surface area contributed by atoms with Gasteiger partial charge in [-0.1, -0.05) is 36.9 Å². The topological polar surface area (TPSA) is 12.4 Å². The fourth-order valence-corrected chi connectivity index (χ4v) is 2.16. The fraction of sp³-hybridized carbons (Fsp3) is 0.0625. The molecule has 0 atom stereocenters. The lowest BCUT2D eigenvalue weighted by Crippen LogP contribution is -2.12. The summed E-state index contributed by atoms with van der Waals surface area (Å²) in [4.78, 5) is 4.46. The number of nitrogens with zero attached hydrogens (tertiary/aromatic N) is 1. The molecule has 18 heavy (non-hydrogen) atoms. The van der Waals surface area contributed by atoms with Gasteiger partial charge in [0, 0.05) is 17.5 Å². The van der Waals surface area contributed by atoms with Crippen LogP contribution in [0.5, 0.6) is 0 Å². The molecule has 2 heteroatoms. The van der Waals surface area contributed by atoms with Gasteiger partial charge in [-0.05, 0) is 23.8 Å². The first-order valence-electron chi connectivity index (χ1n) is 5.86. The Morgan fingerprint density at radius 3 is 2.78 bits per heavy atom. The molecule has 0 amide bonds. The second kappa shape index (κ2) is 4.22. The molecule has 0 unspecified atom stereocenters. The standard InChI is InChI=1S/C16H12FN/c1-2-12-9-11(7-8-14(12)17)10-16-13-5-3-4-6-15(13)18-16/h2-9H,1,10H2. The van der Waals surface area contributed by atoms with Gasteiger partial charge in [0.05, 0.1) is 11.4 Å². The second-order valence-electron chi connectivity index (χ2n) is 4.31. The summed E-state index contributed by atoms with van der Waals surface area (Å²) in [5.74, 6) is -0.232. The quantitative estimate of drug-likeness (QED) is 0.760. The fourth-order valence-electron chi connectivity index (χ4n) is 2.16. The highest BCUT2D eigenvalue weighted by Crippen LogP contribution is 2.30. The van der Waals surface area contributed by atoms with Crippen molar-refractivity contribution in [2.75, 3.05) is 0 Å². The highest BCUT2D eigenvalue weighted by Gasteiger charge is 2.17. The van der Waals surface area contributed by atoms with E-state index >= 15 is 0 Å². The van der Waals surface area contributed by atoms with Crippen molar-refractivity contribution in [1.29, 1.82) is 0 Å². The first kappa shape index (κ1) is 10.9. The van der Waals surface area contributed by atoms with Crippen molar-refractivity contribution in [3.8, 4) is 0 Å². The summed E-state index contributed by atoms with van der Waals surface area (Å²) in [6.45, 7) is 3.61. The zero-order valence-electron chi connectivity index (χ0n) is 9.86.